The predicted octanol–water partition coefficient (Wildman–Crippen LogP) is 9.72. The fourth-order valence-corrected chi connectivity index (χ4v) is 5.01. The molecule has 0 bridgehead atoms. The summed E-state index contributed by atoms with van der Waals surface area (Å²) in [6.45, 7) is 5.97. The van der Waals surface area contributed by atoms with Crippen LogP contribution in [-0.4, -0.2) is 38.2 Å². The van der Waals surface area contributed by atoms with Gasteiger partial charge in [0.1, 0.15) is 11.5 Å². The number of alkyl halides is 3. The van der Waals surface area contributed by atoms with Gasteiger partial charge < -0.3 is 23.7 Å². The molecule has 0 heterocycles. The van der Waals surface area contributed by atoms with Crippen molar-refractivity contribution in [3.8, 4) is 23.0 Å². The monoisotopic (exact) mass is 698 g/mol. The molecule has 0 N–H and O–H groups in total. The molecule has 270 valence electrons. The van der Waals surface area contributed by atoms with E-state index in [-0.39, 0.29) is 35.8 Å². The lowest BCUT2D eigenvalue weighted by molar-refractivity contribution is -0.139. The number of rotatable bonds is 21. The molecule has 3 aromatic rings. The van der Waals surface area contributed by atoms with Gasteiger partial charge in [-0.25, -0.2) is 14.4 Å². The number of ether oxygens (including phenoxy) is 5. The molecule has 0 aromatic heterocycles. The van der Waals surface area contributed by atoms with E-state index in [0.717, 1.165) is 43.0 Å². The van der Waals surface area contributed by atoms with Gasteiger partial charge in [-0.3, -0.25) is 0 Å². The third-order valence-electron chi connectivity index (χ3n) is 7.78. The Balaban J connectivity index is 1.57. The zero-order valence-electron chi connectivity index (χ0n) is 28.7. The van der Waals surface area contributed by atoms with Crippen LogP contribution in [0.2, 0.25) is 0 Å². The average molecular weight is 699 g/mol. The molecule has 8 nitrogen and oxygen atoms in total. The van der Waals surface area contributed by atoms with E-state index < -0.39 is 35.4 Å². The molecular weight excluding hydrogens is 653 g/mol. The fourth-order valence-electron chi connectivity index (χ4n) is 5.01. The van der Waals surface area contributed by atoms with Crippen molar-refractivity contribution in [3.05, 3.63) is 95.6 Å². The van der Waals surface area contributed by atoms with Crippen LogP contribution in [0.1, 0.15) is 103 Å². The Morgan fingerprint density at radius 1 is 0.700 bits per heavy atom. The maximum atomic E-state index is 14.1. The maximum absolute atomic E-state index is 14.1. The van der Waals surface area contributed by atoms with Gasteiger partial charge in [-0.05, 0) is 79.8 Å². The second-order valence-electron chi connectivity index (χ2n) is 11.6. The van der Waals surface area contributed by atoms with Gasteiger partial charge in [0.15, 0.2) is 11.5 Å². The van der Waals surface area contributed by atoms with Crippen molar-refractivity contribution in [3.63, 3.8) is 0 Å². The van der Waals surface area contributed by atoms with Crippen molar-refractivity contribution in [2.24, 2.45) is 0 Å². The minimum atomic E-state index is -4.94. The highest BCUT2D eigenvalue weighted by Crippen LogP contribution is 2.38. The first-order valence-corrected chi connectivity index (χ1v) is 16.9. The van der Waals surface area contributed by atoms with E-state index in [4.69, 9.17) is 23.7 Å². The number of halogens is 3. The van der Waals surface area contributed by atoms with E-state index >= 15 is 0 Å². The van der Waals surface area contributed by atoms with E-state index in [1.165, 1.54) is 63.8 Å². The first kappa shape index (κ1) is 39.6. The van der Waals surface area contributed by atoms with E-state index in [2.05, 4.69) is 13.5 Å². The zero-order valence-corrected chi connectivity index (χ0v) is 28.7. The molecule has 0 aliphatic rings. The Bertz CT molecular complexity index is 1550. The third-order valence-corrected chi connectivity index (χ3v) is 7.78. The maximum Gasteiger partial charge on any atom is 0.420 e. The van der Waals surface area contributed by atoms with Crippen LogP contribution in [0.5, 0.6) is 23.0 Å². The summed E-state index contributed by atoms with van der Waals surface area (Å²) in [4.78, 5) is 36.8. The molecule has 0 saturated carbocycles. The first-order chi connectivity index (χ1) is 24.0. The number of benzene rings is 3. The number of carbonyl (C=O) groups is 3. The highest BCUT2D eigenvalue weighted by Gasteiger charge is 2.36. The van der Waals surface area contributed by atoms with Crippen LogP contribution >= 0.6 is 0 Å². The number of unbranched alkanes of at least 4 members (excludes halogenated alkanes) is 8. The summed E-state index contributed by atoms with van der Waals surface area (Å²) in [5.74, 6) is -2.70. The predicted molar refractivity (Wildman–Crippen MR) is 183 cm³/mol. The highest BCUT2D eigenvalue weighted by molar-refractivity contribution is 5.93. The Kier molecular flexibility index (Phi) is 16.4. The minimum absolute atomic E-state index is 0.0898. The largest absolute Gasteiger partial charge is 0.493 e. The van der Waals surface area contributed by atoms with Crippen molar-refractivity contribution >= 4 is 17.9 Å². The molecule has 3 rings (SSSR count). The van der Waals surface area contributed by atoms with Gasteiger partial charge in [-0.2, -0.15) is 13.2 Å². The van der Waals surface area contributed by atoms with Gasteiger partial charge in [0.05, 0.1) is 37.0 Å². The lowest BCUT2D eigenvalue weighted by Crippen LogP contribution is -2.16. The topological polar surface area (TPSA) is 97.4 Å². The van der Waals surface area contributed by atoms with E-state index in [0.29, 0.717) is 24.7 Å². The molecule has 50 heavy (non-hydrogen) atoms. The van der Waals surface area contributed by atoms with E-state index in [1.807, 2.05) is 12.1 Å². The van der Waals surface area contributed by atoms with Crippen LogP contribution in [0.4, 0.5) is 13.2 Å². The van der Waals surface area contributed by atoms with Crippen molar-refractivity contribution < 1.29 is 51.2 Å². The summed E-state index contributed by atoms with van der Waals surface area (Å²) in [5, 5.41) is 0. The number of hydrogen-bond donors (Lipinski definition) is 0. The lowest BCUT2D eigenvalue weighted by atomic mass is 10.0. The zero-order chi connectivity index (χ0) is 36.4. The van der Waals surface area contributed by atoms with Crippen LogP contribution < -0.4 is 18.9 Å². The third kappa shape index (κ3) is 13.2. The van der Waals surface area contributed by atoms with Crippen LogP contribution in [0.3, 0.4) is 0 Å². The Morgan fingerprint density at radius 3 is 1.94 bits per heavy atom. The lowest BCUT2D eigenvalue weighted by Gasteiger charge is -2.15. The van der Waals surface area contributed by atoms with Crippen LogP contribution in [-0.2, 0) is 22.1 Å². The SMILES string of the molecule is C=CC(=O)OCCCCOc1ccc(C(=O)Oc2ccc(C(=O)Oc3ccc(CCCCCCCCCC)cc3)cc2C(F)(F)F)cc1OC. The normalized spacial score (nSPS) is 11.1. The molecule has 0 fully saturated rings. The van der Waals surface area contributed by atoms with Crippen molar-refractivity contribution in [1.82, 2.24) is 0 Å². The van der Waals surface area contributed by atoms with Crippen LogP contribution in [0, 0.1) is 0 Å². The molecule has 0 aliphatic heterocycles. The second kappa shape index (κ2) is 20.7. The number of carbonyl (C=O) groups excluding carboxylic acids is 3. The number of esters is 3. The van der Waals surface area contributed by atoms with Gasteiger partial charge in [-0.1, -0.05) is 70.6 Å². The quantitative estimate of drug-likeness (QED) is 0.0470. The molecule has 11 heteroatoms. The van der Waals surface area contributed by atoms with Gasteiger partial charge >= 0.3 is 24.1 Å². The van der Waals surface area contributed by atoms with Crippen LogP contribution in [0.15, 0.2) is 73.3 Å². The van der Waals surface area contributed by atoms with Gasteiger partial charge in [0.25, 0.3) is 0 Å². The Hall–Kier alpha value is -4.80. The minimum Gasteiger partial charge on any atom is -0.493 e. The molecule has 0 saturated heterocycles. The molecule has 0 radical (unpaired) electrons. The molecule has 0 spiro atoms. The van der Waals surface area contributed by atoms with Gasteiger partial charge in [0.2, 0.25) is 0 Å². The van der Waals surface area contributed by atoms with E-state index in [1.54, 1.807) is 12.1 Å². The fraction of sp³-hybridized carbons (Fsp3) is 0.410. The first-order valence-electron chi connectivity index (χ1n) is 16.9. The summed E-state index contributed by atoms with van der Waals surface area (Å²) < 4.78 is 68.5. The standard InChI is InChI=1S/C39H45F3O8/c1-4-6-7-8-9-10-11-12-15-28-16-20-31(21-17-28)49-37(44)29-18-22-33(32(26-29)39(40,41)42)50-38(45)30-19-23-34(35(27-30)46-3)47-24-13-14-25-48-36(43)5-2/h5,16-23,26-27H,2,4,6-15,24-25H2,1,3H3. The Labute approximate surface area is 291 Å². The summed E-state index contributed by atoms with van der Waals surface area (Å²) >= 11 is 0. The highest BCUT2D eigenvalue weighted by atomic mass is 19.4. The van der Waals surface area contributed by atoms with E-state index in [9.17, 15) is 27.6 Å². The number of hydrogen-bond acceptors (Lipinski definition) is 8. The van der Waals surface area contributed by atoms with Crippen LogP contribution in [0.25, 0.3) is 0 Å². The van der Waals surface area contributed by atoms with Gasteiger partial charge in [-0.15, -0.1) is 0 Å². The van der Waals surface area contributed by atoms with Crippen molar-refractivity contribution in [2.45, 2.75) is 83.7 Å². The number of methoxy groups -OCH3 is 1. The smallest absolute Gasteiger partial charge is 0.420 e. The summed E-state index contributed by atoms with van der Waals surface area (Å²) in [7, 11) is 1.35. The molecular formula is C39H45F3O8. The second-order valence-corrected chi connectivity index (χ2v) is 11.6. The number of aryl methyl sites for hydroxylation is 1. The molecule has 0 atom stereocenters. The molecule has 0 amide bonds. The molecule has 3 aromatic carbocycles. The van der Waals surface area contributed by atoms with Crippen molar-refractivity contribution in [1.29, 1.82) is 0 Å². The Morgan fingerprint density at radius 2 is 1.30 bits per heavy atom. The molecule has 0 unspecified atom stereocenters. The summed E-state index contributed by atoms with van der Waals surface area (Å²) in [6.07, 6.45) is 7.83. The summed E-state index contributed by atoms with van der Waals surface area (Å²) in [6, 6.07) is 13.6. The van der Waals surface area contributed by atoms with Crippen molar-refractivity contribution in [2.75, 3.05) is 20.3 Å². The summed E-state index contributed by atoms with van der Waals surface area (Å²) in [5.41, 5.74) is -0.677. The average Bonchev–Trinajstić information content (AvgIpc) is 3.11. The molecule has 0 aliphatic carbocycles. The van der Waals surface area contributed by atoms with Gasteiger partial charge in [0, 0.05) is 6.08 Å².